The Labute approximate surface area is 119 Å². The summed E-state index contributed by atoms with van der Waals surface area (Å²) in [5, 5.41) is 7.53. The van der Waals surface area contributed by atoms with E-state index in [0.29, 0.717) is 0 Å². The largest absolute Gasteiger partial charge is 0.370 e. The van der Waals surface area contributed by atoms with Crippen LogP contribution in [0.1, 0.15) is 19.2 Å². The summed E-state index contributed by atoms with van der Waals surface area (Å²) in [5.74, 6) is 1.69. The molecule has 0 spiro atoms. The van der Waals surface area contributed by atoms with E-state index >= 15 is 0 Å². The first-order valence-electron chi connectivity index (χ1n) is 6.84. The van der Waals surface area contributed by atoms with Gasteiger partial charge in [-0.3, -0.25) is 4.68 Å². The van der Waals surface area contributed by atoms with Gasteiger partial charge in [-0.2, -0.15) is 5.10 Å². The molecule has 0 radical (unpaired) electrons. The lowest BCUT2D eigenvalue weighted by Crippen LogP contribution is -2.15. The topological polar surface area (TPSA) is 58.9 Å². The predicted molar refractivity (Wildman–Crippen MR) is 80.4 cm³/mol. The molecule has 0 saturated heterocycles. The number of nitrogens with one attached hydrogen (secondary N) is 1. The smallest absolute Gasteiger partial charge is 0.145 e. The van der Waals surface area contributed by atoms with E-state index in [1.54, 1.807) is 4.68 Å². The Morgan fingerprint density at radius 1 is 1.30 bits per heavy atom. The third-order valence-corrected chi connectivity index (χ3v) is 2.79. The Balaban J connectivity index is 2.34. The zero-order valence-electron chi connectivity index (χ0n) is 12.6. The minimum Gasteiger partial charge on any atom is -0.370 e. The van der Waals surface area contributed by atoms with Crippen molar-refractivity contribution >= 4 is 5.82 Å². The fourth-order valence-corrected chi connectivity index (χ4v) is 1.90. The number of aryl methyl sites for hydroxylation is 1. The summed E-state index contributed by atoms with van der Waals surface area (Å²) in [4.78, 5) is 11.2. The summed E-state index contributed by atoms with van der Waals surface area (Å²) in [6.07, 6.45) is 4.85. The first kappa shape index (κ1) is 14.5. The van der Waals surface area contributed by atoms with Gasteiger partial charge < -0.3 is 10.2 Å². The van der Waals surface area contributed by atoms with Crippen LogP contribution in [-0.2, 0) is 13.6 Å². The van der Waals surface area contributed by atoms with Crippen LogP contribution >= 0.6 is 0 Å². The molecule has 1 N–H and O–H groups in total. The first-order valence-corrected chi connectivity index (χ1v) is 6.84. The van der Waals surface area contributed by atoms with E-state index < -0.39 is 0 Å². The van der Waals surface area contributed by atoms with E-state index in [0.717, 1.165) is 42.4 Å². The van der Waals surface area contributed by atoms with Crippen LogP contribution in [-0.4, -0.2) is 45.3 Å². The zero-order valence-corrected chi connectivity index (χ0v) is 12.6. The number of anilines is 1. The van der Waals surface area contributed by atoms with Crippen LogP contribution in [0, 0.1) is 0 Å². The van der Waals surface area contributed by atoms with E-state index in [-0.39, 0.29) is 0 Å². The third-order valence-electron chi connectivity index (χ3n) is 2.79. The van der Waals surface area contributed by atoms with Crippen molar-refractivity contribution in [1.82, 2.24) is 24.6 Å². The minimum absolute atomic E-state index is 0.717. The number of hydrogen-bond donors (Lipinski definition) is 1. The summed E-state index contributed by atoms with van der Waals surface area (Å²) in [5.41, 5.74) is 1.91. The van der Waals surface area contributed by atoms with Crippen LogP contribution < -0.4 is 5.32 Å². The predicted octanol–water partition coefficient (Wildman–Crippen LogP) is 1.76. The summed E-state index contributed by atoms with van der Waals surface area (Å²) < 4.78 is 1.78. The van der Waals surface area contributed by atoms with Crippen molar-refractivity contribution in [3.8, 4) is 11.3 Å². The van der Waals surface area contributed by atoms with Crippen LogP contribution in [0.15, 0.2) is 18.5 Å². The first-order chi connectivity index (χ1) is 9.58. The minimum atomic E-state index is 0.717. The number of nitrogens with zero attached hydrogens (tertiary/aromatic N) is 5. The second-order valence-corrected chi connectivity index (χ2v) is 5.12. The number of aromatic nitrogens is 4. The van der Waals surface area contributed by atoms with Crippen LogP contribution in [0.4, 0.5) is 5.82 Å². The normalized spacial score (nSPS) is 11.1. The van der Waals surface area contributed by atoms with Crippen molar-refractivity contribution in [3.05, 3.63) is 24.3 Å². The van der Waals surface area contributed by atoms with Gasteiger partial charge in [0.15, 0.2) is 0 Å². The molecule has 0 amide bonds. The molecular formula is C14H22N6. The monoisotopic (exact) mass is 274 g/mol. The Kier molecular flexibility index (Phi) is 4.68. The quantitative estimate of drug-likeness (QED) is 0.870. The van der Waals surface area contributed by atoms with Crippen molar-refractivity contribution in [2.45, 2.75) is 19.9 Å². The Bertz CT molecular complexity index is 561. The molecule has 6 nitrogen and oxygen atoms in total. The maximum atomic E-state index is 4.62. The van der Waals surface area contributed by atoms with Gasteiger partial charge in [-0.1, -0.05) is 6.92 Å². The second kappa shape index (κ2) is 6.47. The molecule has 108 valence electrons. The van der Waals surface area contributed by atoms with Crippen molar-refractivity contribution in [3.63, 3.8) is 0 Å². The average molecular weight is 274 g/mol. The lowest BCUT2D eigenvalue weighted by atomic mass is 10.2. The van der Waals surface area contributed by atoms with E-state index in [4.69, 9.17) is 0 Å². The van der Waals surface area contributed by atoms with Crippen LogP contribution in [0.5, 0.6) is 0 Å². The second-order valence-electron chi connectivity index (χ2n) is 5.12. The van der Waals surface area contributed by atoms with E-state index in [1.807, 2.05) is 39.6 Å². The highest BCUT2D eigenvalue weighted by Crippen LogP contribution is 2.19. The van der Waals surface area contributed by atoms with E-state index in [1.165, 1.54) is 0 Å². The summed E-state index contributed by atoms with van der Waals surface area (Å²) in [7, 11) is 5.93. The summed E-state index contributed by atoms with van der Waals surface area (Å²) in [6, 6.07) is 1.98. The molecule has 0 aliphatic heterocycles. The molecule has 2 rings (SSSR count). The molecule has 0 fully saturated rings. The van der Waals surface area contributed by atoms with Crippen molar-refractivity contribution in [2.75, 3.05) is 26.0 Å². The van der Waals surface area contributed by atoms with Gasteiger partial charge in [-0.15, -0.1) is 0 Å². The number of rotatable bonds is 6. The maximum absolute atomic E-state index is 4.62. The van der Waals surface area contributed by atoms with Gasteiger partial charge in [0.2, 0.25) is 0 Å². The fourth-order valence-electron chi connectivity index (χ4n) is 1.90. The van der Waals surface area contributed by atoms with E-state index in [2.05, 4.69) is 32.2 Å². The molecule has 2 aromatic rings. The van der Waals surface area contributed by atoms with Gasteiger partial charge in [0.1, 0.15) is 11.6 Å². The Morgan fingerprint density at radius 3 is 2.70 bits per heavy atom. The molecule has 0 saturated carbocycles. The molecule has 0 aliphatic rings. The van der Waals surface area contributed by atoms with Gasteiger partial charge in [-0.25, -0.2) is 9.97 Å². The molecule has 0 bridgehead atoms. The molecular weight excluding hydrogens is 252 g/mol. The lowest BCUT2D eigenvalue weighted by molar-refractivity contribution is 0.391. The van der Waals surface area contributed by atoms with E-state index in [9.17, 15) is 0 Å². The fraction of sp³-hybridized carbons (Fsp3) is 0.500. The van der Waals surface area contributed by atoms with Gasteiger partial charge in [0.05, 0.1) is 18.4 Å². The molecule has 2 aromatic heterocycles. The molecule has 0 unspecified atom stereocenters. The zero-order chi connectivity index (χ0) is 14.5. The molecule has 6 heteroatoms. The highest BCUT2D eigenvalue weighted by molar-refractivity contribution is 5.60. The molecule has 2 heterocycles. The SMILES string of the molecule is CCCNc1cc(-c2cnn(C)c2)nc(CN(C)C)n1. The number of hydrogen-bond acceptors (Lipinski definition) is 5. The van der Waals surface area contributed by atoms with Crippen molar-refractivity contribution in [2.24, 2.45) is 7.05 Å². The average Bonchev–Trinajstić information content (AvgIpc) is 2.82. The summed E-state index contributed by atoms with van der Waals surface area (Å²) >= 11 is 0. The highest BCUT2D eigenvalue weighted by Gasteiger charge is 2.09. The van der Waals surface area contributed by atoms with Gasteiger partial charge in [-0.05, 0) is 20.5 Å². The summed E-state index contributed by atoms with van der Waals surface area (Å²) in [6.45, 7) is 3.76. The van der Waals surface area contributed by atoms with Crippen molar-refractivity contribution in [1.29, 1.82) is 0 Å². The van der Waals surface area contributed by atoms with Crippen LogP contribution in [0.25, 0.3) is 11.3 Å². The van der Waals surface area contributed by atoms with Crippen molar-refractivity contribution < 1.29 is 0 Å². The third kappa shape index (κ3) is 3.77. The van der Waals surface area contributed by atoms with Crippen LogP contribution in [0.2, 0.25) is 0 Å². The highest BCUT2D eigenvalue weighted by atomic mass is 15.2. The van der Waals surface area contributed by atoms with Gasteiger partial charge in [0, 0.05) is 31.4 Å². The molecule has 0 aromatic carbocycles. The molecule has 0 aliphatic carbocycles. The van der Waals surface area contributed by atoms with Gasteiger partial charge >= 0.3 is 0 Å². The molecule has 0 atom stereocenters. The Hall–Kier alpha value is -1.95. The Morgan fingerprint density at radius 2 is 2.10 bits per heavy atom. The molecule has 20 heavy (non-hydrogen) atoms. The van der Waals surface area contributed by atoms with Crippen LogP contribution in [0.3, 0.4) is 0 Å². The maximum Gasteiger partial charge on any atom is 0.145 e. The lowest BCUT2D eigenvalue weighted by Gasteiger charge is -2.12. The van der Waals surface area contributed by atoms with Gasteiger partial charge in [0.25, 0.3) is 0 Å². The standard InChI is InChI=1S/C14H22N6/c1-5-6-15-13-7-12(11-8-16-20(4)9-11)17-14(18-13)10-19(2)3/h7-9H,5-6,10H2,1-4H3,(H,15,17,18).